The minimum Gasteiger partial charge on any atom is -0.340 e. The SMILES string of the molecule is CCN1CCN(C(=O)CCc2nc(-c3ccccn3)cs2)CC1. The molecule has 0 spiro atoms. The van der Waals surface area contributed by atoms with Crippen LogP contribution < -0.4 is 0 Å². The number of piperazine rings is 1. The monoisotopic (exact) mass is 330 g/mol. The number of aryl methyl sites for hydroxylation is 1. The standard InChI is InChI=1S/C17H22N4OS/c1-2-20-9-11-21(12-10-20)17(22)7-6-16-19-15(13-23-16)14-5-3-4-8-18-14/h3-5,8,13H,2,6-7,9-12H2,1H3. The number of hydrogen-bond acceptors (Lipinski definition) is 5. The van der Waals surface area contributed by atoms with Gasteiger partial charge < -0.3 is 9.80 Å². The number of carbonyl (C=O) groups is 1. The molecule has 3 heterocycles. The van der Waals surface area contributed by atoms with E-state index in [1.807, 2.05) is 28.5 Å². The van der Waals surface area contributed by atoms with Gasteiger partial charge in [0.2, 0.25) is 5.91 Å². The van der Waals surface area contributed by atoms with Gasteiger partial charge in [-0.15, -0.1) is 11.3 Å². The largest absolute Gasteiger partial charge is 0.340 e. The van der Waals surface area contributed by atoms with Gasteiger partial charge >= 0.3 is 0 Å². The molecule has 1 aliphatic rings. The van der Waals surface area contributed by atoms with E-state index in [1.165, 1.54) is 0 Å². The molecule has 0 aliphatic carbocycles. The lowest BCUT2D eigenvalue weighted by molar-refractivity contribution is -0.132. The highest BCUT2D eigenvalue weighted by Gasteiger charge is 2.20. The number of hydrogen-bond donors (Lipinski definition) is 0. The van der Waals surface area contributed by atoms with Crippen LogP contribution in [0.4, 0.5) is 0 Å². The van der Waals surface area contributed by atoms with E-state index in [9.17, 15) is 4.79 Å². The summed E-state index contributed by atoms with van der Waals surface area (Å²) in [6.07, 6.45) is 3.03. The van der Waals surface area contributed by atoms with E-state index >= 15 is 0 Å². The molecule has 5 nitrogen and oxygen atoms in total. The van der Waals surface area contributed by atoms with Crippen LogP contribution in [0, 0.1) is 0 Å². The number of nitrogens with zero attached hydrogens (tertiary/aromatic N) is 4. The second-order valence-corrected chi connectivity index (χ2v) is 6.60. The van der Waals surface area contributed by atoms with E-state index < -0.39 is 0 Å². The van der Waals surface area contributed by atoms with Gasteiger partial charge in [-0.2, -0.15) is 0 Å². The number of carbonyl (C=O) groups excluding carboxylic acids is 1. The van der Waals surface area contributed by atoms with E-state index in [4.69, 9.17) is 0 Å². The number of likely N-dealkylation sites (N-methyl/N-ethyl adjacent to an activating group) is 1. The molecule has 0 N–H and O–H groups in total. The molecule has 0 atom stereocenters. The van der Waals surface area contributed by atoms with E-state index in [-0.39, 0.29) is 5.91 Å². The summed E-state index contributed by atoms with van der Waals surface area (Å²) < 4.78 is 0. The maximum Gasteiger partial charge on any atom is 0.223 e. The third-order valence-corrected chi connectivity index (χ3v) is 5.11. The minimum absolute atomic E-state index is 0.246. The Morgan fingerprint density at radius 3 is 2.74 bits per heavy atom. The van der Waals surface area contributed by atoms with Gasteiger partial charge in [-0.3, -0.25) is 9.78 Å². The quantitative estimate of drug-likeness (QED) is 0.844. The van der Waals surface area contributed by atoms with Crippen LogP contribution in [0.3, 0.4) is 0 Å². The molecule has 0 radical (unpaired) electrons. The Labute approximate surface area is 141 Å². The summed E-state index contributed by atoms with van der Waals surface area (Å²) in [4.78, 5) is 25.6. The zero-order chi connectivity index (χ0) is 16.1. The fraction of sp³-hybridized carbons (Fsp3) is 0.471. The molecule has 0 aromatic carbocycles. The highest BCUT2D eigenvalue weighted by molar-refractivity contribution is 7.09. The summed E-state index contributed by atoms with van der Waals surface area (Å²) in [6, 6.07) is 5.81. The summed E-state index contributed by atoms with van der Waals surface area (Å²) in [6.45, 7) is 6.91. The molecule has 0 bridgehead atoms. The molecule has 1 amide bonds. The summed E-state index contributed by atoms with van der Waals surface area (Å²) in [7, 11) is 0. The normalized spacial score (nSPS) is 15.8. The van der Waals surface area contributed by atoms with Gasteiger partial charge in [-0.05, 0) is 18.7 Å². The highest BCUT2D eigenvalue weighted by atomic mass is 32.1. The van der Waals surface area contributed by atoms with Crippen LogP contribution in [0.1, 0.15) is 18.4 Å². The second-order valence-electron chi connectivity index (χ2n) is 5.66. The lowest BCUT2D eigenvalue weighted by atomic mass is 10.2. The van der Waals surface area contributed by atoms with Gasteiger partial charge in [-0.1, -0.05) is 13.0 Å². The first kappa shape index (κ1) is 16.1. The van der Waals surface area contributed by atoms with Crippen molar-refractivity contribution in [3.63, 3.8) is 0 Å². The van der Waals surface area contributed by atoms with E-state index in [0.29, 0.717) is 12.8 Å². The number of rotatable bonds is 5. The Morgan fingerprint density at radius 1 is 1.22 bits per heavy atom. The first-order valence-electron chi connectivity index (χ1n) is 8.12. The van der Waals surface area contributed by atoms with Crippen molar-refractivity contribution in [2.24, 2.45) is 0 Å². The fourth-order valence-corrected chi connectivity index (χ4v) is 3.54. The molecule has 2 aromatic heterocycles. The third-order valence-electron chi connectivity index (χ3n) is 4.20. The summed E-state index contributed by atoms with van der Waals surface area (Å²) in [5.41, 5.74) is 1.78. The van der Waals surface area contributed by atoms with Crippen molar-refractivity contribution in [1.82, 2.24) is 19.8 Å². The predicted octanol–water partition coefficient (Wildman–Crippen LogP) is 2.30. The molecule has 122 valence electrons. The van der Waals surface area contributed by atoms with Crippen molar-refractivity contribution < 1.29 is 4.79 Å². The van der Waals surface area contributed by atoms with Crippen LogP contribution >= 0.6 is 11.3 Å². The van der Waals surface area contributed by atoms with Gasteiger partial charge in [0.05, 0.1) is 16.4 Å². The number of thiazole rings is 1. The van der Waals surface area contributed by atoms with Crippen LogP contribution in [-0.4, -0.2) is 58.4 Å². The van der Waals surface area contributed by atoms with E-state index in [2.05, 4.69) is 21.8 Å². The highest BCUT2D eigenvalue weighted by Crippen LogP contribution is 2.20. The van der Waals surface area contributed by atoms with Gasteiger partial charge in [0, 0.05) is 50.6 Å². The van der Waals surface area contributed by atoms with Crippen LogP contribution in [0.25, 0.3) is 11.4 Å². The third kappa shape index (κ3) is 4.14. The van der Waals surface area contributed by atoms with Crippen molar-refractivity contribution in [3.8, 4) is 11.4 Å². The average Bonchev–Trinajstić information content (AvgIpc) is 3.09. The Kier molecular flexibility index (Phi) is 5.35. The van der Waals surface area contributed by atoms with Crippen molar-refractivity contribution >= 4 is 17.2 Å². The molecule has 23 heavy (non-hydrogen) atoms. The molecule has 0 saturated carbocycles. The molecule has 1 fully saturated rings. The van der Waals surface area contributed by atoms with Crippen LogP contribution in [-0.2, 0) is 11.2 Å². The van der Waals surface area contributed by atoms with Crippen LogP contribution in [0.15, 0.2) is 29.8 Å². The van der Waals surface area contributed by atoms with Crippen molar-refractivity contribution in [1.29, 1.82) is 0 Å². The lowest BCUT2D eigenvalue weighted by Gasteiger charge is -2.34. The number of amides is 1. The van der Waals surface area contributed by atoms with Gasteiger partial charge in [0.15, 0.2) is 0 Å². The zero-order valence-corrected chi connectivity index (χ0v) is 14.3. The van der Waals surface area contributed by atoms with Gasteiger partial charge in [-0.25, -0.2) is 4.98 Å². The predicted molar refractivity (Wildman–Crippen MR) is 92.4 cm³/mol. The van der Waals surface area contributed by atoms with Gasteiger partial charge in [0.1, 0.15) is 0 Å². The average molecular weight is 330 g/mol. The van der Waals surface area contributed by atoms with Crippen molar-refractivity contribution in [2.75, 3.05) is 32.7 Å². The lowest BCUT2D eigenvalue weighted by Crippen LogP contribution is -2.48. The summed E-state index contributed by atoms with van der Waals surface area (Å²) in [5.74, 6) is 0.246. The number of aromatic nitrogens is 2. The topological polar surface area (TPSA) is 49.3 Å². The molecule has 1 aliphatic heterocycles. The maximum absolute atomic E-state index is 12.3. The maximum atomic E-state index is 12.3. The van der Waals surface area contributed by atoms with Gasteiger partial charge in [0.25, 0.3) is 0 Å². The zero-order valence-electron chi connectivity index (χ0n) is 13.4. The summed E-state index contributed by atoms with van der Waals surface area (Å²) >= 11 is 1.61. The van der Waals surface area contributed by atoms with E-state index in [0.717, 1.165) is 49.1 Å². The van der Waals surface area contributed by atoms with E-state index in [1.54, 1.807) is 17.5 Å². The fourth-order valence-electron chi connectivity index (χ4n) is 2.74. The molecule has 3 rings (SSSR count). The molecular formula is C17H22N4OS. The molecule has 1 saturated heterocycles. The summed E-state index contributed by atoms with van der Waals surface area (Å²) in [5, 5.41) is 3.02. The Hall–Kier alpha value is -1.79. The Balaban J connectivity index is 1.51. The Morgan fingerprint density at radius 2 is 2.04 bits per heavy atom. The van der Waals surface area contributed by atoms with Crippen molar-refractivity contribution in [3.05, 3.63) is 34.8 Å². The molecule has 2 aromatic rings. The minimum atomic E-state index is 0.246. The number of pyridine rings is 1. The molecule has 0 unspecified atom stereocenters. The van der Waals surface area contributed by atoms with Crippen LogP contribution in [0.5, 0.6) is 0 Å². The molecule has 6 heteroatoms. The van der Waals surface area contributed by atoms with Crippen LogP contribution in [0.2, 0.25) is 0 Å². The molecular weight excluding hydrogens is 308 g/mol. The smallest absolute Gasteiger partial charge is 0.223 e. The first-order valence-corrected chi connectivity index (χ1v) is 9.00. The second kappa shape index (κ2) is 7.66. The Bertz CT molecular complexity index is 635. The van der Waals surface area contributed by atoms with Crippen molar-refractivity contribution in [2.45, 2.75) is 19.8 Å². The first-order chi connectivity index (χ1) is 11.3.